The lowest BCUT2D eigenvalue weighted by atomic mass is 10.2. The minimum atomic E-state index is 0.446. The number of aromatic nitrogens is 2. The van der Waals surface area contributed by atoms with Crippen molar-refractivity contribution in [1.82, 2.24) is 15.3 Å². The molecule has 0 saturated carbocycles. The normalized spacial score (nSPS) is 11.3. The summed E-state index contributed by atoms with van der Waals surface area (Å²) in [5.74, 6) is 1.89. The van der Waals surface area contributed by atoms with Crippen LogP contribution in [-0.4, -0.2) is 28.6 Å². The van der Waals surface area contributed by atoms with E-state index in [2.05, 4.69) is 54.8 Å². The van der Waals surface area contributed by atoms with E-state index < -0.39 is 0 Å². The molecule has 0 aliphatic rings. The molecule has 1 aromatic rings. The number of hydrogen-bond donors (Lipinski definition) is 1. The topological polar surface area (TPSA) is 41.1 Å². The highest BCUT2D eigenvalue weighted by Gasteiger charge is 2.15. The van der Waals surface area contributed by atoms with Gasteiger partial charge in [-0.05, 0) is 27.7 Å². The Kier molecular flexibility index (Phi) is 5.54. The molecular weight excluding hydrogens is 224 g/mol. The van der Waals surface area contributed by atoms with Crippen LogP contribution in [0.2, 0.25) is 0 Å². The molecule has 1 aromatic heterocycles. The molecule has 0 unspecified atom stereocenters. The van der Waals surface area contributed by atoms with Crippen LogP contribution in [0.5, 0.6) is 0 Å². The molecule has 1 rings (SSSR count). The van der Waals surface area contributed by atoms with Crippen molar-refractivity contribution in [2.75, 3.05) is 11.4 Å². The van der Waals surface area contributed by atoms with Gasteiger partial charge in [0, 0.05) is 36.9 Å². The molecule has 1 heterocycles. The monoisotopic (exact) mass is 250 g/mol. The molecule has 0 atom stereocenters. The van der Waals surface area contributed by atoms with Crippen molar-refractivity contribution in [3.8, 4) is 0 Å². The van der Waals surface area contributed by atoms with Crippen LogP contribution in [-0.2, 0) is 6.54 Å². The van der Waals surface area contributed by atoms with E-state index in [1.807, 2.05) is 13.1 Å². The quantitative estimate of drug-likeness (QED) is 0.842. The van der Waals surface area contributed by atoms with Crippen LogP contribution in [0.3, 0.4) is 0 Å². The van der Waals surface area contributed by atoms with Crippen LogP contribution < -0.4 is 10.2 Å². The molecule has 4 nitrogen and oxygen atoms in total. The van der Waals surface area contributed by atoms with Gasteiger partial charge in [0.05, 0.1) is 0 Å². The first kappa shape index (κ1) is 14.9. The first-order valence-corrected chi connectivity index (χ1v) is 6.78. The third-order valence-electron chi connectivity index (χ3n) is 2.90. The SMILES string of the molecule is CCN(c1nc(C)ncc1CNC(C)C)C(C)C. The Labute approximate surface area is 111 Å². The highest BCUT2D eigenvalue weighted by Crippen LogP contribution is 2.19. The Hall–Kier alpha value is -1.16. The van der Waals surface area contributed by atoms with Crippen molar-refractivity contribution >= 4 is 5.82 Å². The Morgan fingerprint density at radius 3 is 2.44 bits per heavy atom. The van der Waals surface area contributed by atoms with Crippen LogP contribution >= 0.6 is 0 Å². The predicted octanol–water partition coefficient (Wildman–Crippen LogP) is 2.52. The van der Waals surface area contributed by atoms with Crippen molar-refractivity contribution in [1.29, 1.82) is 0 Å². The van der Waals surface area contributed by atoms with E-state index in [-0.39, 0.29) is 0 Å². The molecule has 0 spiro atoms. The average molecular weight is 250 g/mol. The molecule has 0 aliphatic carbocycles. The maximum Gasteiger partial charge on any atom is 0.137 e. The van der Waals surface area contributed by atoms with Crippen molar-refractivity contribution < 1.29 is 0 Å². The summed E-state index contributed by atoms with van der Waals surface area (Å²) in [6, 6.07) is 0.912. The van der Waals surface area contributed by atoms with Gasteiger partial charge in [-0.1, -0.05) is 13.8 Å². The lowest BCUT2D eigenvalue weighted by molar-refractivity contribution is 0.582. The third kappa shape index (κ3) is 3.95. The van der Waals surface area contributed by atoms with Gasteiger partial charge in [0.15, 0.2) is 0 Å². The highest BCUT2D eigenvalue weighted by atomic mass is 15.2. The van der Waals surface area contributed by atoms with E-state index in [9.17, 15) is 0 Å². The largest absolute Gasteiger partial charge is 0.354 e. The summed E-state index contributed by atoms with van der Waals surface area (Å²) in [6.07, 6.45) is 1.94. The zero-order valence-electron chi connectivity index (χ0n) is 12.5. The number of rotatable bonds is 6. The van der Waals surface area contributed by atoms with E-state index in [0.29, 0.717) is 12.1 Å². The highest BCUT2D eigenvalue weighted by molar-refractivity contribution is 5.46. The summed E-state index contributed by atoms with van der Waals surface area (Å²) >= 11 is 0. The molecule has 0 saturated heterocycles. The molecular formula is C14H26N4. The van der Waals surface area contributed by atoms with Gasteiger partial charge in [-0.2, -0.15) is 0 Å². The van der Waals surface area contributed by atoms with E-state index in [4.69, 9.17) is 0 Å². The van der Waals surface area contributed by atoms with Gasteiger partial charge in [0.25, 0.3) is 0 Å². The minimum absolute atomic E-state index is 0.446. The van der Waals surface area contributed by atoms with Gasteiger partial charge in [-0.15, -0.1) is 0 Å². The summed E-state index contributed by atoms with van der Waals surface area (Å²) in [5.41, 5.74) is 1.17. The summed E-state index contributed by atoms with van der Waals surface area (Å²) in [4.78, 5) is 11.2. The van der Waals surface area contributed by atoms with Gasteiger partial charge in [-0.3, -0.25) is 0 Å². The lowest BCUT2D eigenvalue weighted by Crippen LogP contribution is -2.33. The Bertz CT molecular complexity index is 374. The standard InChI is InChI=1S/C14H26N4/c1-7-18(11(4)5)14-13(8-15-10(2)3)9-16-12(6)17-14/h9-11,15H,7-8H2,1-6H3. The Balaban J connectivity index is 3.02. The number of aryl methyl sites for hydroxylation is 1. The number of nitrogens with one attached hydrogen (secondary N) is 1. The van der Waals surface area contributed by atoms with E-state index >= 15 is 0 Å². The van der Waals surface area contributed by atoms with E-state index in [1.165, 1.54) is 5.56 Å². The van der Waals surface area contributed by atoms with Crippen molar-refractivity contribution in [2.45, 2.75) is 60.2 Å². The van der Waals surface area contributed by atoms with Crippen LogP contribution in [0, 0.1) is 6.92 Å². The minimum Gasteiger partial charge on any atom is -0.354 e. The first-order valence-electron chi connectivity index (χ1n) is 6.78. The van der Waals surface area contributed by atoms with Gasteiger partial charge in [0.1, 0.15) is 11.6 Å². The van der Waals surface area contributed by atoms with Crippen LogP contribution in [0.1, 0.15) is 46.0 Å². The molecule has 0 aliphatic heterocycles. The van der Waals surface area contributed by atoms with E-state index in [0.717, 1.165) is 24.7 Å². The zero-order chi connectivity index (χ0) is 13.7. The summed E-state index contributed by atoms with van der Waals surface area (Å²) in [7, 11) is 0. The van der Waals surface area contributed by atoms with Gasteiger partial charge in [-0.25, -0.2) is 9.97 Å². The van der Waals surface area contributed by atoms with Gasteiger partial charge < -0.3 is 10.2 Å². The molecule has 102 valence electrons. The first-order chi connectivity index (χ1) is 8.45. The lowest BCUT2D eigenvalue weighted by Gasteiger charge is -2.28. The third-order valence-corrected chi connectivity index (χ3v) is 2.90. The Morgan fingerprint density at radius 2 is 1.94 bits per heavy atom. The molecule has 1 N–H and O–H groups in total. The molecule has 0 fully saturated rings. The second kappa shape index (κ2) is 6.69. The second-order valence-electron chi connectivity index (χ2n) is 5.18. The molecule has 4 heteroatoms. The van der Waals surface area contributed by atoms with Crippen molar-refractivity contribution in [3.05, 3.63) is 17.6 Å². The fourth-order valence-electron chi connectivity index (χ4n) is 1.93. The fraction of sp³-hybridized carbons (Fsp3) is 0.714. The molecule has 0 amide bonds. The fourth-order valence-corrected chi connectivity index (χ4v) is 1.93. The molecule has 0 radical (unpaired) electrons. The average Bonchev–Trinajstić information content (AvgIpc) is 2.28. The molecule has 0 aromatic carbocycles. The summed E-state index contributed by atoms with van der Waals surface area (Å²) < 4.78 is 0. The van der Waals surface area contributed by atoms with Gasteiger partial charge >= 0.3 is 0 Å². The Morgan fingerprint density at radius 1 is 1.28 bits per heavy atom. The van der Waals surface area contributed by atoms with Crippen molar-refractivity contribution in [2.24, 2.45) is 0 Å². The smallest absolute Gasteiger partial charge is 0.137 e. The van der Waals surface area contributed by atoms with Gasteiger partial charge in [0.2, 0.25) is 0 Å². The number of hydrogen-bond acceptors (Lipinski definition) is 4. The zero-order valence-corrected chi connectivity index (χ0v) is 12.5. The van der Waals surface area contributed by atoms with Crippen LogP contribution in [0.15, 0.2) is 6.20 Å². The second-order valence-corrected chi connectivity index (χ2v) is 5.18. The number of nitrogens with zero attached hydrogens (tertiary/aromatic N) is 3. The predicted molar refractivity (Wildman–Crippen MR) is 76.9 cm³/mol. The molecule has 0 bridgehead atoms. The van der Waals surface area contributed by atoms with Crippen LogP contribution in [0.25, 0.3) is 0 Å². The maximum atomic E-state index is 4.62. The summed E-state index contributed by atoms with van der Waals surface area (Å²) in [6.45, 7) is 14.6. The van der Waals surface area contributed by atoms with Crippen LogP contribution in [0.4, 0.5) is 5.82 Å². The number of anilines is 1. The molecule has 18 heavy (non-hydrogen) atoms. The maximum absolute atomic E-state index is 4.62. The van der Waals surface area contributed by atoms with E-state index in [1.54, 1.807) is 0 Å². The van der Waals surface area contributed by atoms with Crippen molar-refractivity contribution in [3.63, 3.8) is 0 Å². The summed E-state index contributed by atoms with van der Waals surface area (Å²) in [5, 5.41) is 3.43.